The van der Waals surface area contributed by atoms with Crippen molar-refractivity contribution in [1.29, 1.82) is 0 Å². The summed E-state index contributed by atoms with van der Waals surface area (Å²) in [6, 6.07) is 15.6. The zero-order valence-corrected chi connectivity index (χ0v) is 22.1. The Morgan fingerprint density at radius 1 is 0.659 bits per heavy atom. The molecule has 1 atom stereocenters. The fraction of sp³-hybridized carbons (Fsp3) is 0.200. The van der Waals surface area contributed by atoms with Gasteiger partial charge < -0.3 is 19.5 Å². The number of aliphatic hydroxyl groups excluding tert-OH is 1. The van der Waals surface area contributed by atoms with E-state index in [9.17, 15) is 49.0 Å². The molecule has 4 nitrogen and oxygen atoms in total. The van der Waals surface area contributed by atoms with E-state index in [4.69, 9.17) is 4.74 Å². The molecule has 44 heavy (non-hydrogen) atoms. The van der Waals surface area contributed by atoms with E-state index >= 15 is 0 Å². The molecule has 4 aromatic rings. The molecule has 0 saturated heterocycles. The Morgan fingerprint density at radius 2 is 1.23 bits per heavy atom. The molecule has 0 aromatic heterocycles. The summed E-state index contributed by atoms with van der Waals surface area (Å²) >= 11 is 0. The monoisotopic (exact) mass is 633 g/mol. The van der Waals surface area contributed by atoms with Crippen LogP contribution in [0.25, 0.3) is 0 Å². The second-order valence-electron chi connectivity index (χ2n) is 9.44. The molecule has 14 heteroatoms. The number of rotatable bonds is 9. The first-order chi connectivity index (χ1) is 20.5. The van der Waals surface area contributed by atoms with Crippen LogP contribution in [0, 0.1) is 5.82 Å². The molecule has 4 aromatic carbocycles. The number of alkyl halides is 9. The molecule has 0 radical (unpaired) electrons. The van der Waals surface area contributed by atoms with E-state index < -0.39 is 66.2 Å². The van der Waals surface area contributed by atoms with Gasteiger partial charge in [0.15, 0.2) is 0 Å². The van der Waals surface area contributed by atoms with Crippen molar-refractivity contribution in [2.45, 2.75) is 31.4 Å². The Bertz CT molecular complexity index is 1570. The minimum Gasteiger partial charge on any atom is -0.457 e. The topological polar surface area (TPSA) is 41.9 Å². The van der Waals surface area contributed by atoms with Gasteiger partial charge in [-0.2, -0.15) is 26.3 Å². The van der Waals surface area contributed by atoms with Gasteiger partial charge in [0.2, 0.25) is 0 Å². The SMILES string of the molecule is OC(CN(Cc1cc(C(F)(F)F)ccc1F)c1cccc(Oc2cccc(OC(F)(F)F)c2)c1)c1ccc(C(F)(F)F)cc1. The molecule has 0 aliphatic carbocycles. The van der Waals surface area contributed by atoms with Gasteiger partial charge in [0.1, 0.15) is 23.1 Å². The Hall–Kier alpha value is -4.46. The van der Waals surface area contributed by atoms with Crippen LogP contribution in [0.5, 0.6) is 17.2 Å². The molecule has 0 heterocycles. The van der Waals surface area contributed by atoms with E-state index in [0.717, 1.165) is 36.4 Å². The van der Waals surface area contributed by atoms with Crippen molar-refractivity contribution in [3.63, 3.8) is 0 Å². The van der Waals surface area contributed by atoms with Crippen LogP contribution in [0.4, 0.5) is 49.6 Å². The molecule has 0 saturated carbocycles. The number of halogens is 10. The second kappa shape index (κ2) is 12.6. The van der Waals surface area contributed by atoms with Crippen molar-refractivity contribution in [2.24, 2.45) is 0 Å². The number of hydrogen-bond donors (Lipinski definition) is 1. The summed E-state index contributed by atoms with van der Waals surface area (Å²) in [5, 5.41) is 10.9. The van der Waals surface area contributed by atoms with Gasteiger partial charge in [-0.25, -0.2) is 4.39 Å². The minimum absolute atomic E-state index is 0.0430. The van der Waals surface area contributed by atoms with Crippen LogP contribution >= 0.6 is 0 Å². The number of ether oxygens (including phenoxy) is 2. The largest absolute Gasteiger partial charge is 0.573 e. The summed E-state index contributed by atoms with van der Waals surface area (Å²) in [6.07, 6.45) is -15.8. The summed E-state index contributed by atoms with van der Waals surface area (Å²) in [7, 11) is 0. The third kappa shape index (κ3) is 8.78. The maximum Gasteiger partial charge on any atom is 0.573 e. The Morgan fingerprint density at radius 3 is 1.84 bits per heavy atom. The molecule has 0 fully saturated rings. The highest BCUT2D eigenvalue weighted by atomic mass is 19.4. The van der Waals surface area contributed by atoms with Gasteiger partial charge in [0.25, 0.3) is 0 Å². The van der Waals surface area contributed by atoms with E-state index in [1.807, 2.05) is 0 Å². The number of benzene rings is 4. The lowest BCUT2D eigenvalue weighted by Crippen LogP contribution is -2.29. The van der Waals surface area contributed by atoms with Gasteiger partial charge in [-0.05, 0) is 60.2 Å². The van der Waals surface area contributed by atoms with Crippen LogP contribution in [-0.2, 0) is 18.9 Å². The quantitative estimate of drug-likeness (QED) is 0.187. The summed E-state index contributed by atoms with van der Waals surface area (Å²) < 4.78 is 141. The van der Waals surface area contributed by atoms with Crippen LogP contribution in [0.2, 0.25) is 0 Å². The Labute approximate surface area is 243 Å². The lowest BCUT2D eigenvalue weighted by Gasteiger charge is -2.28. The molecular formula is C30H21F10NO3. The van der Waals surface area contributed by atoms with Gasteiger partial charge in [-0.3, -0.25) is 0 Å². The number of anilines is 1. The van der Waals surface area contributed by atoms with Crippen LogP contribution in [-0.4, -0.2) is 18.0 Å². The van der Waals surface area contributed by atoms with Crippen LogP contribution < -0.4 is 14.4 Å². The summed E-state index contributed by atoms with van der Waals surface area (Å²) in [5.41, 5.74) is -2.28. The van der Waals surface area contributed by atoms with Gasteiger partial charge in [0.05, 0.1) is 17.2 Å². The molecule has 1 N–H and O–H groups in total. The fourth-order valence-corrected chi connectivity index (χ4v) is 4.16. The van der Waals surface area contributed by atoms with Crippen LogP contribution in [0.15, 0.2) is 91.0 Å². The minimum atomic E-state index is -4.95. The maximum absolute atomic E-state index is 14.7. The van der Waals surface area contributed by atoms with Gasteiger partial charge in [-0.1, -0.05) is 24.3 Å². The van der Waals surface area contributed by atoms with E-state index in [1.165, 1.54) is 41.3 Å². The summed E-state index contributed by atoms with van der Waals surface area (Å²) in [5.74, 6) is -1.57. The average molecular weight is 633 g/mol. The first-order valence-corrected chi connectivity index (χ1v) is 12.6. The molecular weight excluding hydrogens is 612 g/mol. The highest BCUT2D eigenvalue weighted by Crippen LogP contribution is 2.35. The van der Waals surface area contributed by atoms with E-state index in [1.54, 1.807) is 0 Å². The number of aliphatic hydroxyl groups is 1. The van der Waals surface area contributed by atoms with Gasteiger partial charge in [0, 0.05) is 36.5 Å². The molecule has 234 valence electrons. The Kier molecular flexibility index (Phi) is 9.33. The Balaban J connectivity index is 1.66. The highest BCUT2D eigenvalue weighted by molar-refractivity contribution is 5.53. The van der Waals surface area contributed by atoms with Crippen molar-refractivity contribution in [3.05, 3.63) is 119 Å². The molecule has 0 amide bonds. The summed E-state index contributed by atoms with van der Waals surface area (Å²) in [4.78, 5) is 1.27. The lowest BCUT2D eigenvalue weighted by atomic mass is 10.0. The summed E-state index contributed by atoms with van der Waals surface area (Å²) in [6.45, 7) is -0.939. The maximum atomic E-state index is 14.7. The molecule has 0 spiro atoms. The van der Waals surface area contributed by atoms with Crippen molar-refractivity contribution in [2.75, 3.05) is 11.4 Å². The number of hydrogen-bond acceptors (Lipinski definition) is 4. The first kappa shape index (κ1) is 32.5. The zero-order chi connectivity index (χ0) is 32.3. The highest BCUT2D eigenvalue weighted by Gasteiger charge is 2.33. The third-order valence-corrected chi connectivity index (χ3v) is 6.21. The smallest absolute Gasteiger partial charge is 0.457 e. The van der Waals surface area contributed by atoms with Crippen molar-refractivity contribution >= 4 is 5.69 Å². The van der Waals surface area contributed by atoms with Crippen molar-refractivity contribution < 1.29 is 58.5 Å². The van der Waals surface area contributed by atoms with Gasteiger partial charge in [-0.15, -0.1) is 13.2 Å². The predicted octanol–water partition coefficient (Wildman–Crippen LogP) is 9.29. The van der Waals surface area contributed by atoms with E-state index in [2.05, 4.69) is 4.74 Å². The molecule has 1 unspecified atom stereocenters. The third-order valence-electron chi connectivity index (χ3n) is 6.21. The van der Waals surface area contributed by atoms with E-state index in [-0.39, 0.29) is 22.7 Å². The first-order valence-electron chi connectivity index (χ1n) is 12.6. The van der Waals surface area contributed by atoms with Crippen LogP contribution in [0.1, 0.15) is 28.4 Å². The number of nitrogens with zero attached hydrogens (tertiary/aromatic N) is 1. The van der Waals surface area contributed by atoms with Crippen LogP contribution in [0.3, 0.4) is 0 Å². The normalized spacial score (nSPS) is 13.0. The fourth-order valence-electron chi connectivity index (χ4n) is 4.16. The predicted molar refractivity (Wildman–Crippen MR) is 138 cm³/mol. The van der Waals surface area contributed by atoms with Crippen molar-refractivity contribution in [1.82, 2.24) is 0 Å². The second-order valence-corrected chi connectivity index (χ2v) is 9.44. The molecule has 0 aliphatic rings. The molecule has 0 bridgehead atoms. The van der Waals surface area contributed by atoms with Gasteiger partial charge >= 0.3 is 18.7 Å². The zero-order valence-electron chi connectivity index (χ0n) is 22.1. The lowest BCUT2D eigenvalue weighted by molar-refractivity contribution is -0.274. The molecule has 0 aliphatic heterocycles. The van der Waals surface area contributed by atoms with Crippen molar-refractivity contribution in [3.8, 4) is 17.2 Å². The molecule has 4 rings (SSSR count). The van der Waals surface area contributed by atoms with E-state index in [0.29, 0.717) is 18.2 Å². The average Bonchev–Trinajstić information content (AvgIpc) is 2.92. The standard InChI is InChI=1S/C30H21F10NO3/c31-26-12-11-21(29(35,36)37)13-19(26)16-41(17-27(42)18-7-9-20(10-8-18)28(32,33)34)22-3-1-4-23(14-22)43-24-5-2-6-25(15-24)44-30(38,39)40/h1-15,27,42H,16-17H2.